The number of guanidine groups is 1. The molecular formula is C16H23IN6O2. The molecule has 8 nitrogen and oxygen atoms in total. The molecule has 25 heavy (non-hydrogen) atoms. The monoisotopic (exact) mass is 458 g/mol. The van der Waals surface area contributed by atoms with E-state index in [1.54, 1.807) is 19.5 Å². The van der Waals surface area contributed by atoms with Crippen molar-refractivity contribution in [2.45, 2.75) is 25.9 Å². The Morgan fingerprint density at radius 1 is 1.52 bits per heavy atom. The number of fused-ring (bicyclic) bond motifs is 1. The van der Waals surface area contributed by atoms with Gasteiger partial charge in [0.2, 0.25) is 0 Å². The first-order chi connectivity index (χ1) is 11.7. The first kappa shape index (κ1) is 19.3. The van der Waals surface area contributed by atoms with Crippen LogP contribution in [0.5, 0.6) is 0 Å². The fraction of sp³-hybridized carbons (Fsp3) is 0.438. The SMILES string of the molecule is CN=C(NCc1ccco1)NCC1CCn2ncc(C(N)=O)c2C1.I. The zero-order valence-electron chi connectivity index (χ0n) is 14.1. The summed E-state index contributed by atoms with van der Waals surface area (Å²) in [6.07, 6.45) is 4.99. The second-order valence-corrected chi connectivity index (χ2v) is 5.84. The number of nitrogens with one attached hydrogen (secondary N) is 2. The van der Waals surface area contributed by atoms with E-state index in [1.807, 2.05) is 16.8 Å². The predicted molar refractivity (Wildman–Crippen MR) is 105 cm³/mol. The Morgan fingerprint density at radius 3 is 3.04 bits per heavy atom. The minimum absolute atomic E-state index is 0. The zero-order valence-corrected chi connectivity index (χ0v) is 16.4. The van der Waals surface area contributed by atoms with Crippen LogP contribution in [-0.4, -0.2) is 35.2 Å². The van der Waals surface area contributed by atoms with E-state index in [9.17, 15) is 4.79 Å². The molecule has 1 unspecified atom stereocenters. The van der Waals surface area contributed by atoms with E-state index >= 15 is 0 Å². The third kappa shape index (κ3) is 4.74. The van der Waals surface area contributed by atoms with Crippen molar-refractivity contribution in [3.8, 4) is 0 Å². The van der Waals surface area contributed by atoms with Crippen LogP contribution in [0.15, 0.2) is 34.0 Å². The van der Waals surface area contributed by atoms with E-state index < -0.39 is 5.91 Å². The lowest BCUT2D eigenvalue weighted by molar-refractivity contribution is 0.0998. The summed E-state index contributed by atoms with van der Waals surface area (Å²) in [5, 5.41) is 10.8. The molecule has 3 rings (SSSR count). The molecule has 136 valence electrons. The molecule has 0 aliphatic carbocycles. The van der Waals surface area contributed by atoms with Crippen LogP contribution in [-0.2, 0) is 19.5 Å². The van der Waals surface area contributed by atoms with Gasteiger partial charge < -0.3 is 20.8 Å². The molecule has 9 heteroatoms. The average molecular weight is 458 g/mol. The van der Waals surface area contributed by atoms with Gasteiger partial charge in [-0.25, -0.2) is 0 Å². The highest BCUT2D eigenvalue weighted by Crippen LogP contribution is 2.22. The molecule has 0 saturated carbocycles. The molecule has 0 spiro atoms. The summed E-state index contributed by atoms with van der Waals surface area (Å²) in [4.78, 5) is 15.7. The molecule has 2 aromatic heterocycles. The molecule has 0 bridgehead atoms. The van der Waals surface area contributed by atoms with Crippen LogP contribution >= 0.6 is 24.0 Å². The predicted octanol–water partition coefficient (Wildman–Crippen LogP) is 1.12. The summed E-state index contributed by atoms with van der Waals surface area (Å²) >= 11 is 0. The molecule has 0 saturated heterocycles. The highest BCUT2D eigenvalue weighted by molar-refractivity contribution is 14.0. The van der Waals surface area contributed by atoms with E-state index in [2.05, 4.69) is 20.7 Å². The molecule has 0 radical (unpaired) electrons. The smallest absolute Gasteiger partial charge is 0.252 e. The molecule has 0 aromatic carbocycles. The number of hydrogen-bond donors (Lipinski definition) is 3. The highest BCUT2D eigenvalue weighted by Gasteiger charge is 2.24. The first-order valence-electron chi connectivity index (χ1n) is 7.98. The number of nitrogens with two attached hydrogens (primary N) is 1. The van der Waals surface area contributed by atoms with Crippen LogP contribution in [0.25, 0.3) is 0 Å². The fourth-order valence-electron chi connectivity index (χ4n) is 2.92. The fourth-order valence-corrected chi connectivity index (χ4v) is 2.92. The van der Waals surface area contributed by atoms with Gasteiger partial charge >= 0.3 is 0 Å². The van der Waals surface area contributed by atoms with Crippen LogP contribution < -0.4 is 16.4 Å². The molecule has 1 atom stereocenters. The quantitative estimate of drug-likeness (QED) is 0.354. The third-order valence-electron chi connectivity index (χ3n) is 4.24. The number of primary amides is 1. The van der Waals surface area contributed by atoms with E-state index in [4.69, 9.17) is 10.2 Å². The molecule has 1 aliphatic rings. The molecule has 2 aromatic rings. The van der Waals surface area contributed by atoms with Gasteiger partial charge in [0.1, 0.15) is 5.76 Å². The van der Waals surface area contributed by atoms with Crippen LogP contribution in [0.1, 0.15) is 28.2 Å². The number of aryl methyl sites for hydroxylation is 1. The third-order valence-corrected chi connectivity index (χ3v) is 4.24. The van der Waals surface area contributed by atoms with Crippen LogP contribution in [0, 0.1) is 5.92 Å². The molecule has 3 heterocycles. The lowest BCUT2D eigenvalue weighted by atomic mass is 9.94. The van der Waals surface area contributed by atoms with Gasteiger partial charge in [-0.05, 0) is 30.9 Å². The first-order valence-corrected chi connectivity index (χ1v) is 7.98. The number of hydrogen-bond acceptors (Lipinski definition) is 4. The standard InChI is InChI=1S/C16H22N6O2.HI/c1-18-16(20-9-12-3-2-6-24-12)19-8-11-4-5-22-14(7-11)13(10-21-22)15(17)23;/h2-3,6,10-11H,4-5,7-9H2,1H3,(H2,17,23)(H2,18,19,20);1H. The Hall–Kier alpha value is -2.04. The molecule has 1 aliphatic heterocycles. The van der Waals surface area contributed by atoms with Crippen molar-refractivity contribution in [3.05, 3.63) is 41.6 Å². The van der Waals surface area contributed by atoms with Crippen LogP contribution in [0.4, 0.5) is 0 Å². The second-order valence-electron chi connectivity index (χ2n) is 5.84. The van der Waals surface area contributed by atoms with Crippen molar-refractivity contribution in [2.75, 3.05) is 13.6 Å². The van der Waals surface area contributed by atoms with Gasteiger partial charge in [-0.2, -0.15) is 5.10 Å². The average Bonchev–Trinajstić information content (AvgIpc) is 3.24. The van der Waals surface area contributed by atoms with Crippen molar-refractivity contribution in [3.63, 3.8) is 0 Å². The van der Waals surface area contributed by atoms with Crippen molar-refractivity contribution in [1.29, 1.82) is 0 Å². The van der Waals surface area contributed by atoms with E-state index in [0.717, 1.165) is 43.3 Å². The molecule has 0 fully saturated rings. The lowest BCUT2D eigenvalue weighted by Gasteiger charge is -2.25. The van der Waals surface area contributed by atoms with Gasteiger partial charge in [0, 0.05) is 20.1 Å². The van der Waals surface area contributed by atoms with Gasteiger partial charge in [-0.1, -0.05) is 0 Å². The van der Waals surface area contributed by atoms with Gasteiger partial charge in [0.15, 0.2) is 5.96 Å². The number of aromatic nitrogens is 2. The topological polar surface area (TPSA) is 110 Å². The molecule has 1 amide bonds. The number of nitrogens with zero attached hydrogens (tertiary/aromatic N) is 3. The molecule has 4 N–H and O–H groups in total. The summed E-state index contributed by atoms with van der Waals surface area (Å²) in [7, 11) is 1.73. The summed E-state index contributed by atoms with van der Waals surface area (Å²) < 4.78 is 7.17. The van der Waals surface area contributed by atoms with Gasteiger partial charge in [0.05, 0.1) is 30.3 Å². The Labute approximate surface area is 163 Å². The maximum absolute atomic E-state index is 11.5. The maximum Gasteiger partial charge on any atom is 0.252 e. The number of halogens is 1. The van der Waals surface area contributed by atoms with Crippen LogP contribution in [0.2, 0.25) is 0 Å². The Bertz CT molecular complexity index is 725. The zero-order chi connectivity index (χ0) is 16.9. The van der Waals surface area contributed by atoms with Crippen molar-refractivity contribution < 1.29 is 9.21 Å². The number of carbonyl (C=O) groups excluding carboxylic acids is 1. The van der Waals surface area contributed by atoms with Crippen molar-refractivity contribution in [2.24, 2.45) is 16.6 Å². The number of rotatable bonds is 5. The summed E-state index contributed by atoms with van der Waals surface area (Å²) in [5.74, 6) is 1.56. The van der Waals surface area contributed by atoms with Gasteiger partial charge in [-0.3, -0.25) is 14.5 Å². The van der Waals surface area contributed by atoms with Crippen molar-refractivity contribution >= 4 is 35.8 Å². The maximum atomic E-state index is 11.5. The number of amides is 1. The minimum Gasteiger partial charge on any atom is -0.467 e. The van der Waals surface area contributed by atoms with E-state index in [1.165, 1.54) is 0 Å². The van der Waals surface area contributed by atoms with E-state index in [-0.39, 0.29) is 24.0 Å². The lowest BCUT2D eigenvalue weighted by Crippen LogP contribution is -2.40. The van der Waals surface area contributed by atoms with E-state index in [0.29, 0.717) is 18.0 Å². The summed E-state index contributed by atoms with van der Waals surface area (Å²) in [5.41, 5.74) is 6.87. The minimum atomic E-state index is -0.416. The largest absolute Gasteiger partial charge is 0.467 e. The van der Waals surface area contributed by atoms with Gasteiger partial charge in [-0.15, -0.1) is 24.0 Å². The molecular weight excluding hydrogens is 435 g/mol. The Morgan fingerprint density at radius 2 is 2.36 bits per heavy atom. The normalized spacial score (nSPS) is 16.7. The summed E-state index contributed by atoms with van der Waals surface area (Å²) in [6.45, 7) is 2.14. The second kappa shape index (κ2) is 8.88. The summed E-state index contributed by atoms with van der Waals surface area (Å²) in [6, 6.07) is 3.77. The number of furan rings is 1. The van der Waals surface area contributed by atoms with Crippen LogP contribution in [0.3, 0.4) is 0 Å². The number of aliphatic imine (C=N–C) groups is 1. The Balaban J connectivity index is 0.00000225. The Kier molecular flexibility index (Phi) is 6.85. The number of carbonyl (C=O) groups is 1. The van der Waals surface area contributed by atoms with Gasteiger partial charge in [0.25, 0.3) is 5.91 Å². The highest BCUT2D eigenvalue weighted by atomic mass is 127. The van der Waals surface area contributed by atoms with Crippen molar-refractivity contribution in [1.82, 2.24) is 20.4 Å².